The third-order valence-corrected chi connectivity index (χ3v) is 8.77. The highest BCUT2D eigenvalue weighted by molar-refractivity contribution is 6.30. The van der Waals surface area contributed by atoms with Crippen molar-refractivity contribution in [2.24, 2.45) is 0 Å². The molecule has 0 spiro atoms. The minimum Gasteiger partial charge on any atom is -0.507 e. The Morgan fingerprint density at radius 3 is 2.49 bits per heavy atom. The van der Waals surface area contributed by atoms with Crippen LogP contribution in [0.2, 0.25) is 0 Å². The number of ether oxygens (including phenoxy) is 3. The van der Waals surface area contributed by atoms with E-state index in [-0.39, 0.29) is 58.7 Å². The fourth-order valence-electron chi connectivity index (χ4n) is 6.50. The Labute approximate surface area is 237 Å². The van der Waals surface area contributed by atoms with Gasteiger partial charge in [-0.3, -0.25) is 14.4 Å². The number of benzene rings is 2. The number of phenols is 2. The first-order valence-corrected chi connectivity index (χ1v) is 13.6. The lowest BCUT2D eigenvalue weighted by Gasteiger charge is -2.46. The van der Waals surface area contributed by atoms with Crippen LogP contribution in [0.5, 0.6) is 11.5 Å². The zero-order valence-electron chi connectivity index (χ0n) is 23.6. The maximum atomic E-state index is 13.6. The van der Waals surface area contributed by atoms with Crippen LogP contribution in [0.15, 0.2) is 24.3 Å². The monoisotopic (exact) mass is 569 g/mol. The summed E-state index contributed by atoms with van der Waals surface area (Å²) in [5.41, 5.74) is -2.27. The molecule has 11 heteroatoms. The molecule has 0 saturated carbocycles. The van der Waals surface area contributed by atoms with E-state index in [0.29, 0.717) is 0 Å². The summed E-state index contributed by atoms with van der Waals surface area (Å²) in [6, 6.07) is 5.14. The topological polar surface area (TPSA) is 163 Å². The first-order chi connectivity index (χ1) is 19.3. The number of carbonyl (C=O) groups excluding carboxylic acids is 3. The summed E-state index contributed by atoms with van der Waals surface area (Å²) in [6.07, 6.45) is -3.09. The number of nitrogens with zero attached hydrogens (tertiary/aromatic N) is 1. The minimum atomic E-state index is -1.69. The van der Waals surface area contributed by atoms with Gasteiger partial charge in [-0.1, -0.05) is 19.1 Å². The van der Waals surface area contributed by atoms with Crippen molar-refractivity contribution in [1.82, 2.24) is 4.90 Å². The summed E-state index contributed by atoms with van der Waals surface area (Å²) >= 11 is 0. The van der Waals surface area contributed by atoms with E-state index in [0.717, 1.165) is 0 Å². The second-order valence-electron chi connectivity index (χ2n) is 11.3. The minimum absolute atomic E-state index is 0.0382. The predicted octanol–water partition coefficient (Wildman–Crippen LogP) is 2.16. The van der Waals surface area contributed by atoms with Gasteiger partial charge in [0.25, 0.3) is 0 Å². The van der Waals surface area contributed by atoms with Gasteiger partial charge in [0.1, 0.15) is 17.4 Å². The van der Waals surface area contributed by atoms with E-state index in [1.54, 1.807) is 13.8 Å². The molecule has 1 saturated heterocycles. The molecular formula is C30H35NO10. The van der Waals surface area contributed by atoms with Crippen molar-refractivity contribution in [3.05, 3.63) is 57.6 Å². The van der Waals surface area contributed by atoms with E-state index in [1.807, 2.05) is 19.0 Å². The average molecular weight is 570 g/mol. The van der Waals surface area contributed by atoms with E-state index in [2.05, 4.69) is 0 Å². The van der Waals surface area contributed by atoms with Crippen LogP contribution in [0.3, 0.4) is 0 Å². The number of phenolic OH excluding ortho intramolecular Hbond substituents is 2. The number of hydrogen-bond acceptors (Lipinski definition) is 11. The number of hydrogen-bond donors (Lipinski definition) is 4. The van der Waals surface area contributed by atoms with Crippen LogP contribution in [0.1, 0.15) is 88.1 Å². The van der Waals surface area contributed by atoms with Crippen molar-refractivity contribution in [3.8, 4) is 11.5 Å². The second kappa shape index (κ2) is 10.5. The van der Waals surface area contributed by atoms with Gasteiger partial charge in [-0.2, -0.15) is 0 Å². The van der Waals surface area contributed by atoms with Crippen LogP contribution in [0, 0.1) is 0 Å². The Balaban J connectivity index is 1.69. The van der Waals surface area contributed by atoms with Gasteiger partial charge in [-0.15, -0.1) is 0 Å². The molecule has 220 valence electrons. The quantitative estimate of drug-likeness (QED) is 0.333. The van der Waals surface area contributed by atoms with Crippen LogP contribution in [-0.4, -0.2) is 94.2 Å². The van der Waals surface area contributed by atoms with E-state index in [9.17, 15) is 34.8 Å². The molecule has 11 nitrogen and oxygen atoms in total. The van der Waals surface area contributed by atoms with Gasteiger partial charge in [0.05, 0.1) is 42.1 Å². The van der Waals surface area contributed by atoms with Crippen molar-refractivity contribution in [2.75, 3.05) is 21.2 Å². The fraction of sp³-hybridized carbons (Fsp3) is 0.500. The molecule has 1 aliphatic heterocycles. The Bertz CT molecular complexity index is 1420. The largest absolute Gasteiger partial charge is 0.507 e. The van der Waals surface area contributed by atoms with Crippen LogP contribution >= 0.6 is 0 Å². The van der Waals surface area contributed by atoms with Crippen molar-refractivity contribution in [3.63, 3.8) is 0 Å². The lowest BCUT2D eigenvalue weighted by atomic mass is 9.67. The maximum Gasteiger partial charge on any atom is 0.316 e. The summed E-state index contributed by atoms with van der Waals surface area (Å²) in [5, 5.41) is 44.5. The number of aliphatic hydroxyl groups is 2. The van der Waals surface area contributed by atoms with Crippen molar-refractivity contribution >= 4 is 17.5 Å². The van der Waals surface area contributed by atoms with Gasteiger partial charge < -0.3 is 39.5 Å². The van der Waals surface area contributed by atoms with Gasteiger partial charge >= 0.3 is 5.97 Å². The van der Waals surface area contributed by atoms with Crippen LogP contribution < -0.4 is 0 Å². The third kappa shape index (κ3) is 4.52. The van der Waals surface area contributed by atoms with Crippen LogP contribution in [0.25, 0.3) is 0 Å². The highest BCUT2D eigenvalue weighted by Crippen LogP contribution is 2.54. The van der Waals surface area contributed by atoms with Gasteiger partial charge in [0.15, 0.2) is 12.1 Å². The summed E-state index contributed by atoms with van der Waals surface area (Å²) < 4.78 is 17.3. The lowest BCUT2D eigenvalue weighted by Crippen LogP contribution is -2.54. The highest BCUT2D eigenvalue weighted by atomic mass is 16.7. The fourth-order valence-corrected chi connectivity index (χ4v) is 6.50. The van der Waals surface area contributed by atoms with E-state index in [4.69, 9.17) is 14.2 Å². The molecule has 3 aliphatic rings. The summed E-state index contributed by atoms with van der Waals surface area (Å²) in [6.45, 7) is 3.41. The molecule has 1 heterocycles. The second-order valence-corrected chi connectivity index (χ2v) is 11.3. The molecular weight excluding hydrogens is 534 g/mol. The number of ketones is 2. The molecule has 4 N–H and O–H groups in total. The van der Waals surface area contributed by atoms with Crippen molar-refractivity contribution in [2.45, 2.75) is 75.3 Å². The summed E-state index contributed by atoms with van der Waals surface area (Å²) in [5.74, 6) is -4.42. The van der Waals surface area contributed by atoms with E-state index >= 15 is 0 Å². The number of methoxy groups -OCH3 is 1. The van der Waals surface area contributed by atoms with Crippen molar-refractivity contribution in [1.29, 1.82) is 0 Å². The summed E-state index contributed by atoms with van der Waals surface area (Å²) in [7, 11) is 4.82. The molecule has 2 aliphatic carbocycles. The molecule has 1 fully saturated rings. The Morgan fingerprint density at radius 2 is 1.85 bits per heavy atom. The first-order valence-electron chi connectivity index (χ1n) is 13.6. The molecule has 2 aromatic rings. The normalized spacial score (nSPS) is 30.9. The molecule has 5 rings (SSSR count). The zero-order valence-corrected chi connectivity index (χ0v) is 23.6. The number of aromatic hydroxyl groups is 2. The standard InChI is InChI=1S/C30H35NO10/c1-6-30(38)12-19(41-20-11-17(31(3)4)25(33)13(2)40-20)22-15(24(30)29(37)39-5)10-16-23(28(22)36)27(35)21-14(26(16)34)8-7-9-18(21)32/h7-10,13,17,19-20,24-25,32-33,36,38H,6,11-12H2,1-5H3/t13?,17?,19-,20?,24-,25?,30+/m0/s1. The molecule has 4 unspecified atom stereocenters. The number of likely N-dealkylation sites (N-methyl/N-ethyl adjacent to an activating group) is 1. The SMILES string of the molecule is CC[C@@]1(O)C[C@H](OC2CC(N(C)C)C(O)C(C)O2)c2c(cc3c(c2O)C(=O)c2c(O)cccc2C3=O)[C@H]1C(=O)OC. The molecule has 0 radical (unpaired) electrons. The van der Waals surface area contributed by atoms with Crippen LogP contribution in [0.4, 0.5) is 0 Å². The molecule has 7 atom stereocenters. The predicted molar refractivity (Wildman–Crippen MR) is 144 cm³/mol. The van der Waals surface area contributed by atoms with Gasteiger partial charge in [0, 0.05) is 35.6 Å². The molecule has 41 heavy (non-hydrogen) atoms. The Hall–Kier alpha value is -3.35. The van der Waals surface area contributed by atoms with E-state index < -0.39 is 65.2 Å². The number of fused-ring (bicyclic) bond motifs is 3. The molecule has 0 bridgehead atoms. The lowest BCUT2D eigenvalue weighted by molar-refractivity contribution is -0.258. The average Bonchev–Trinajstić information content (AvgIpc) is 2.92. The molecule has 0 amide bonds. The summed E-state index contributed by atoms with van der Waals surface area (Å²) in [4.78, 5) is 42.1. The Morgan fingerprint density at radius 1 is 1.15 bits per heavy atom. The first kappa shape index (κ1) is 29.2. The van der Waals surface area contributed by atoms with Gasteiger partial charge in [0.2, 0.25) is 5.78 Å². The zero-order chi connectivity index (χ0) is 30.0. The van der Waals surface area contributed by atoms with E-state index in [1.165, 1.54) is 31.4 Å². The maximum absolute atomic E-state index is 13.6. The third-order valence-electron chi connectivity index (χ3n) is 8.77. The molecule has 0 aromatic heterocycles. The van der Waals surface area contributed by atoms with Gasteiger partial charge in [-0.25, -0.2) is 0 Å². The highest BCUT2D eigenvalue weighted by Gasteiger charge is 2.53. The van der Waals surface area contributed by atoms with Crippen molar-refractivity contribution < 1.29 is 49.0 Å². The number of aliphatic hydroxyl groups excluding tert-OH is 1. The number of esters is 1. The Kier molecular flexibility index (Phi) is 7.46. The number of rotatable bonds is 5. The smallest absolute Gasteiger partial charge is 0.316 e. The van der Waals surface area contributed by atoms with Gasteiger partial charge in [-0.05, 0) is 45.1 Å². The number of carbonyl (C=O) groups is 3. The van der Waals surface area contributed by atoms with Crippen LogP contribution in [-0.2, 0) is 19.0 Å². The molecule has 2 aromatic carbocycles.